The maximum atomic E-state index is 13.8. The Morgan fingerprint density at radius 2 is 2.27 bits per heavy atom. The van der Waals surface area contributed by atoms with E-state index in [1.807, 2.05) is 6.08 Å². The third-order valence-electron chi connectivity index (χ3n) is 3.60. The molecule has 2 N–H and O–H groups in total. The van der Waals surface area contributed by atoms with Crippen LogP contribution >= 0.6 is 15.9 Å². The third-order valence-corrected chi connectivity index (χ3v) is 4.21. The quantitative estimate of drug-likeness (QED) is 0.722. The molecule has 0 atom stereocenters. The highest BCUT2D eigenvalue weighted by molar-refractivity contribution is 9.10. The van der Waals surface area contributed by atoms with Crippen LogP contribution < -0.4 is 5.73 Å². The molecule has 0 fully saturated rings. The molecule has 1 aliphatic rings. The zero-order valence-electron chi connectivity index (χ0n) is 14.1. The van der Waals surface area contributed by atoms with Crippen molar-refractivity contribution < 1.29 is 8.50 Å². The Labute approximate surface area is 138 Å². The molecule has 1 aromatic carbocycles. The number of hydrogen-bond acceptors (Lipinski definition) is 4. The van der Waals surface area contributed by atoms with Crippen LogP contribution in [0.15, 0.2) is 28.9 Å². The first-order valence-corrected chi connectivity index (χ1v) is 7.25. The predicted molar refractivity (Wildman–Crippen MR) is 85.6 cm³/mol. The molecule has 0 unspecified atom stereocenters. The Morgan fingerprint density at radius 3 is 3.09 bits per heavy atom. The van der Waals surface area contributed by atoms with Crippen molar-refractivity contribution in [1.82, 2.24) is 19.7 Å². The van der Waals surface area contributed by atoms with E-state index in [4.69, 9.17) is 9.85 Å². The standard InChI is InChI=1S/C15H11BrFN5/c1-22-6-12-14(21-22)13(20-15(18)19-12)8-3-2-7-4-11(17)10(16)5-9(7)8/h3-6H,2H2,1H3,(H2,18,19)/i1D3. The van der Waals surface area contributed by atoms with Gasteiger partial charge in [-0.3, -0.25) is 4.68 Å². The van der Waals surface area contributed by atoms with Crippen LogP contribution in [0.2, 0.25) is 0 Å². The molecule has 110 valence electrons. The summed E-state index contributed by atoms with van der Waals surface area (Å²) in [5.41, 5.74) is 9.25. The summed E-state index contributed by atoms with van der Waals surface area (Å²) in [6, 6.07) is 3.14. The average molecular weight is 363 g/mol. The number of nitrogen functional groups attached to an aromatic ring is 1. The second-order valence-corrected chi connectivity index (χ2v) is 5.84. The Kier molecular flexibility index (Phi) is 2.19. The van der Waals surface area contributed by atoms with Crippen LogP contribution in [0.25, 0.3) is 16.6 Å². The summed E-state index contributed by atoms with van der Waals surface area (Å²) in [5, 5.41) is 4.13. The van der Waals surface area contributed by atoms with E-state index in [9.17, 15) is 4.39 Å². The molecule has 0 amide bonds. The minimum atomic E-state index is -2.43. The fourth-order valence-corrected chi connectivity index (χ4v) is 3.02. The van der Waals surface area contributed by atoms with Gasteiger partial charge in [-0.1, -0.05) is 6.08 Å². The Bertz CT molecular complexity index is 1060. The van der Waals surface area contributed by atoms with Crippen molar-refractivity contribution in [3.63, 3.8) is 0 Å². The van der Waals surface area contributed by atoms with E-state index in [0.717, 1.165) is 21.4 Å². The molecule has 2 aromatic heterocycles. The van der Waals surface area contributed by atoms with Gasteiger partial charge in [0.15, 0.2) is 0 Å². The fourth-order valence-electron chi connectivity index (χ4n) is 2.67. The number of halogens is 2. The summed E-state index contributed by atoms with van der Waals surface area (Å²) in [6.45, 7) is -2.43. The van der Waals surface area contributed by atoms with Crippen LogP contribution in [0, 0.1) is 5.82 Å². The normalized spacial score (nSPS) is 16.1. The minimum Gasteiger partial charge on any atom is -0.368 e. The van der Waals surface area contributed by atoms with Gasteiger partial charge in [-0.15, -0.1) is 0 Å². The van der Waals surface area contributed by atoms with Crippen LogP contribution in [0.1, 0.15) is 20.9 Å². The zero-order valence-corrected chi connectivity index (χ0v) is 12.7. The van der Waals surface area contributed by atoms with Crippen LogP contribution in [-0.2, 0) is 13.4 Å². The maximum Gasteiger partial charge on any atom is 0.221 e. The number of fused-ring (bicyclic) bond motifs is 2. The Hall–Kier alpha value is -2.28. The first-order valence-electron chi connectivity index (χ1n) is 7.96. The lowest BCUT2D eigenvalue weighted by Gasteiger charge is -2.08. The molecule has 5 nitrogen and oxygen atoms in total. The lowest BCUT2D eigenvalue weighted by atomic mass is 10.0. The van der Waals surface area contributed by atoms with E-state index in [0.29, 0.717) is 27.6 Å². The number of nitrogens with zero attached hydrogens (tertiary/aromatic N) is 4. The van der Waals surface area contributed by atoms with Gasteiger partial charge >= 0.3 is 0 Å². The molecular weight excluding hydrogens is 349 g/mol. The molecule has 0 aliphatic heterocycles. The molecule has 2 heterocycles. The number of aromatic nitrogens is 4. The number of aryl methyl sites for hydroxylation is 1. The molecule has 4 rings (SSSR count). The van der Waals surface area contributed by atoms with E-state index in [-0.39, 0.29) is 11.8 Å². The van der Waals surface area contributed by atoms with Gasteiger partial charge in [0.1, 0.15) is 22.5 Å². The fraction of sp³-hybridized carbons (Fsp3) is 0.133. The maximum absolute atomic E-state index is 13.8. The predicted octanol–water partition coefficient (Wildman–Crippen LogP) is 2.83. The number of hydrogen-bond donors (Lipinski definition) is 1. The van der Waals surface area contributed by atoms with Crippen molar-refractivity contribution in [3.8, 4) is 0 Å². The van der Waals surface area contributed by atoms with Gasteiger partial charge in [0.05, 0.1) is 10.7 Å². The monoisotopic (exact) mass is 362 g/mol. The Morgan fingerprint density at radius 1 is 1.41 bits per heavy atom. The van der Waals surface area contributed by atoms with Gasteiger partial charge in [0.25, 0.3) is 0 Å². The van der Waals surface area contributed by atoms with Gasteiger partial charge < -0.3 is 5.73 Å². The number of rotatable bonds is 1. The second-order valence-electron chi connectivity index (χ2n) is 4.98. The molecule has 0 bridgehead atoms. The van der Waals surface area contributed by atoms with E-state index < -0.39 is 6.98 Å². The number of nitrogens with two attached hydrogens (primary N) is 1. The number of allylic oxidation sites excluding steroid dienone is 1. The topological polar surface area (TPSA) is 69.6 Å². The highest BCUT2D eigenvalue weighted by Gasteiger charge is 2.22. The van der Waals surface area contributed by atoms with Gasteiger partial charge in [-0.2, -0.15) is 5.10 Å². The highest BCUT2D eigenvalue weighted by atomic mass is 79.9. The first-order chi connectivity index (χ1) is 11.7. The summed E-state index contributed by atoms with van der Waals surface area (Å²) in [6.07, 6.45) is 3.76. The van der Waals surface area contributed by atoms with Gasteiger partial charge in [0.2, 0.25) is 5.95 Å². The van der Waals surface area contributed by atoms with Crippen molar-refractivity contribution in [2.45, 2.75) is 6.42 Å². The van der Waals surface area contributed by atoms with E-state index in [2.05, 4.69) is 31.0 Å². The van der Waals surface area contributed by atoms with Crippen molar-refractivity contribution >= 4 is 38.5 Å². The van der Waals surface area contributed by atoms with Crippen LogP contribution in [0.3, 0.4) is 0 Å². The van der Waals surface area contributed by atoms with Crippen molar-refractivity contribution in [3.05, 3.63) is 51.5 Å². The number of benzene rings is 1. The molecule has 0 spiro atoms. The van der Waals surface area contributed by atoms with Gasteiger partial charge in [0, 0.05) is 16.7 Å². The van der Waals surface area contributed by atoms with Crippen molar-refractivity contribution in [2.75, 3.05) is 5.73 Å². The van der Waals surface area contributed by atoms with Crippen LogP contribution in [0.5, 0.6) is 0 Å². The molecular formula is C15H11BrFN5. The average Bonchev–Trinajstić information content (AvgIpc) is 3.10. The van der Waals surface area contributed by atoms with Crippen LogP contribution in [0.4, 0.5) is 10.3 Å². The second kappa shape index (κ2) is 4.61. The summed E-state index contributed by atoms with van der Waals surface area (Å²) < 4.78 is 37.5. The molecule has 22 heavy (non-hydrogen) atoms. The van der Waals surface area contributed by atoms with E-state index >= 15 is 0 Å². The molecule has 3 aromatic rings. The third kappa shape index (κ3) is 1.93. The molecule has 7 heteroatoms. The Balaban J connectivity index is 1.95. The zero-order chi connectivity index (χ0) is 17.9. The lowest BCUT2D eigenvalue weighted by molar-refractivity contribution is 0.619. The lowest BCUT2D eigenvalue weighted by Crippen LogP contribution is -2.01. The van der Waals surface area contributed by atoms with Gasteiger partial charge in [-0.05, 0) is 45.6 Å². The van der Waals surface area contributed by atoms with Crippen LogP contribution in [-0.4, -0.2) is 19.7 Å². The summed E-state index contributed by atoms with van der Waals surface area (Å²) in [5.74, 6) is -0.324. The highest BCUT2D eigenvalue weighted by Crippen LogP contribution is 2.37. The van der Waals surface area contributed by atoms with E-state index in [1.165, 1.54) is 12.3 Å². The van der Waals surface area contributed by atoms with Crippen molar-refractivity contribution in [2.24, 2.45) is 6.98 Å². The summed E-state index contributed by atoms with van der Waals surface area (Å²) >= 11 is 3.19. The molecule has 0 radical (unpaired) electrons. The molecule has 0 saturated carbocycles. The largest absolute Gasteiger partial charge is 0.368 e. The minimum absolute atomic E-state index is 0.0168. The van der Waals surface area contributed by atoms with E-state index in [1.54, 1.807) is 6.07 Å². The molecule has 1 aliphatic carbocycles. The smallest absolute Gasteiger partial charge is 0.221 e. The summed E-state index contributed by atoms with van der Waals surface area (Å²) in [4.78, 5) is 8.33. The first kappa shape index (κ1) is 10.4. The number of anilines is 1. The molecule has 0 saturated heterocycles. The van der Waals surface area contributed by atoms with Crippen molar-refractivity contribution in [1.29, 1.82) is 0 Å². The summed E-state index contributed by atoms with van der Waals surface area (Å²) in [7, 11) is 0. The SMILES string of the molecule is [2H]C([2H])([2H])n1cc2nc(N)nc(C3=CCc4cc(F)c(Br)cc43)c2n1. The van der Waals surface area contributed by atoms with Gasteiger partial charge in [-0.25, -0.2) is 14.4 Å².